The van der Waals surface area contributed by atoms with Crippen LogP contribution in [-0.2, 0) is 9.53 Å². The van der Waals surface area contributed by atoms with Crippen molar-refractivity contribution in [1.82, 2.24) is 0 Å². The molecule has 19 heavy (non-hydrogen) atoms. The van der Waals surface area contributed by atoms with Gasteiger partial charge < -0.3 is 9.84 Å². The van der Waals surface area contributed by atoms with Crippen molar-refractivity contribution in [3.05, 3.63) is 23.8 Å². The van der Waals surface area contributed by atoms with Gasteiger partial charge in [0.05, 0.1) is 11.5 Å². The van der Waals surface area contributed by atoms with E-state index in [1.54, 1.807) is 0 Å². The Kier molecular flexibility index (Phi) is 3.86. The first-order valence-electron chi connectivity index (χ1n) is 7.06. The molecule has 1 N–H and O–H groups in total. The van der Waals surface area contributed by atoms with Gasteiger partial charge in [0.2, 0.25) is 0 Å². The highest BCUT2D eigenvalue weighted by molar-refractivity contribution is 5.79. The SMILES string of the molecule is C=C1CC[C@@H]2[C@@H](/C=C(\C)CC[C@H]1O)OC(=O)C2(C)C. The van der Waals surface area contributed by atoms with Crippen LogP contribution in [0.3, 0.4) is 0 Å². The quantitative estimate of drug-likeness (QED) is 0.540. The average Bonchev–Trinajstić information content (AvgIpc) is 2.54. The molecule has 0 amide bonds. The third kappa shape index (κ3) is 2.76. The summed E-state index contributed by atoms with van der Waals surface area (Å²) in [7, 11) is 0. The van der Waals surface area contributed by atoms with Crippen LogP contribution >= 0.6 is 0 Å². The van der Waals surface area contributed by atoms with E-state index in [4.69, 9.17) is 4.74 Å². The zero-order valence-electron chi connectivity index (χ0n) is 12.1. The van der Waals surface area contributed by atoms with Gasteiger partial charge in [-0.3, -0.25) is 4.79 Å². The molecule has 0 bridgehead atoms. The molecule has 0 aromatic heterocycles. The maximum Gasteiger partial charge on any atom is 0.312 e. The zero-order chi connectivity index (χ0) is 14.2. The summed E-state index contributed by atoms with van der Waals surface area (Å²) in [4.78, 5) is 12.0. The number of aliphatic hydroxyl groups excluding tert-OH is 1. The Morgan fingerprint density at radius 3 is 2.74 bits per heavy atom. The number of carbonyl (C=O) groups excluding carboxylic acids is 1. The fourth-order valence-corrected chi connectivity index (χ4v) is 3.03. The van der Waals surface area contributed by atoms with Crippen LogP contribution in [0, 0.1) is 11.3 Å². The number of ether oxygens (including phenoxy) is 1. The maximum atomic E-state index is 12.0. The van der Waals surface area contributed by atoms with Gasteiger partial charge in [0.25, 0.3) is 0 Å². The summed E-state index contributed by atoms with van der Waals surface area (Å²) in [5.41, 5.74) is 1.60. The van der Waals surface area contributed by atoms with E-state index >= 15 is 0 Å². The molecular weight excluding hydrogens is 240 g/mol. The van der Waals surface area contributed by atoms with Gasteiger partial charge in [0, 0.05) is 5.92 Å². The van der Waals surface area contributed by atoms with Crippen LogP contribution in [-0.4, -0.2) is 23.3 Å². The van der Waals surface area contributed by atoms with Gasteiger partial charge in [-0.1, -0.05) is 12.2 Å². The van der Waals surface area contributed by atoms with E-state index < -0.39 is 11.5 Å². The number of fused-ring (bicyclic) bond motifs is 1. The second kappa shape index (κ2) is 5.12. The smallest absolute Gasteiger partial charge is 0.312 e. The molecular formula is C16H24O3. The van der Waals surface area contributed by atoms with Crippen LogP contribution in [0.2, 0.25) is 0 Å². The molecule has 2 rings (SSSR count). The first-order chi connectivity index (χ1) is 8.82. The zero-order valence-corrected chi connectivity index (χ0v) is 12.1. The Labute approximate surface area is 115 Å². The van der Waals surface area contributed by atoms with Crippen molar-refractivity contribution in [2.75, 3.05) is 0 Å². The Balaban J connectivity index is 2.28. The summed E-state index contributed by atoms with van der Waals surface area (Å²) >= 11 is 0. The van der Waals surface area contributed by atoms with Crippen LogP contribution in [0.15, 0.2) is 23.8 Å². The molecule has 0 aromatic carbocycles. The lowest BCUT2D eigenvalue weighted by Gasteiger charge is -2.26. The van der Waals surface area contributed by atoms with Crippen LogP contribution < -0.4 is 0 Å². The standard InChI is InChI=1S/C16H24O3/c1-10-5-8-13(17)11(2)6-7-12-14(9-10)19-15(18)16(12,3)4/h9,12-14,17H,2,5-8H2,1,3-4H3/b10-9+/t12-,13-,14-/m1/s1. The van der Waals surface area contributed by atoms with E-state index in [9.17, 15) is 9.90 Å². The summed E-state index contributed by atoms with van der Waals surface area (Å²) in [5.74, 6) is 0.0500. The molecule has 0 unspecified atom stereocenters. The van der Waals surface area contributed by atoms with E-state index in [0.717, 1.165) is 24.8 Å². The molecule has 2 aliphatic rings. The molecule has 0 spiro atoms. The molecule has 1 fully saturated rings. The molecule has 0 saturated carbocycles. The summed E-state index contributed by atoms with van der Waals surface area (Å²) in [6.07, 6.45) is 4.64. The first kappa shape index (κ1) is 14.3. The predicted molar refractivity (Wildman–Crippen MR) is 74.5 cm³/mol. The van der Waals surface area contributed by atoms with Gasteiger partial charge in [-0.15, -0.1) is 0 Å². The van der Waals surface area contributed by atoms with E-state index in [1.165, 1.54) is 5.57 Å². The van der Waals surface area contributed by atoms with Crippen LogP contribution in [0.1, 0.15) is 46.5 Å². The normalized spacial score (nSPS) is 38.1. The monoisotopic (exact) mass is 264 g/mol. The lowest BCUT2D eigenvalue weighted by molar-refractivity contribution is -0.146. The first-order valence-corrected chi connectivity index (χ1v) is 7.06. The van der Waals surface area contributed by atoms with Crippen molar-refractivity contribution < 1.29 is 14.6 Å². The van der Waals surface area contributed by atoms with Crippen LogP contribution in [0.4, 0.5) is 0 Å². The minimum absolute atomic E-state index is 0.114. The average molecular weight is 264 g/mol. The molecule has 3 nitrogen and oxygen atoms in total. The molecule has 3 heteroatoms. The highest BCUT2D eigenvalue weighted by Gasteiger charge is 2.49. The van der Waals surface area contributed by atoms with Crippen molar-refractivity contribution in [2.24, 2.45) is 11.3 Å². The third-order valence-electron chi connectivity index (χ3n) is 4.60. The number of hydrogen-bond acceptors (Lipinski definition) is 3. The Morgan fingerprint density at radius 1 is 1.37 bits per heavy atom. The van der Waals surface area contributed by atoms with Crippen LogP contribution in [0.25, 0.3) is 0 Å². The summed E-state index contributed by atoms with van der Waals surface area (Å²) in [6, 6.07) is 0. The minimum atomic E-state index is -0.453. The predicted octanol–water partition coefficient (Wildman–Crippen LogP) is 2.99. The topological polar surface area (TPSA) is 46.5 Å². The molecule has 0 radical (unpaired) electrons. The highest BCUT2D eigenvalue weighted by atomic mass is 16.6. The fraction of sp³-hybridized carbons (Fsp3) is 0.688. The van der Waals surface area contributed by atoms with Gasteiger partial charge in [0.1, 0.15) is 6.10 Å². The van der Waals surface area contributed by atoms with Gasteiger partial charge >= 0.3 is 5.97 Å². The molecule has 106 valence electrons. The number of hydrogen-bond donors (Lipinski definition) is 1. The minimum Gasteiger partial charge on any atom is -0.457 e. The summed E-state index contributed by atoms with van der Waals surface area (Å²) in [5, 5.41) is 10.0. The number of aliphatic hydroxyl groups is 1. The maximum absolute atomic E-state index is 12.0. The number of allylic oxidation sites excluding steroid dienone is 1. The molecule has 3 atom stereocenters. The van der Waals surface area contributed by atoms with E-state index in [2.05, 4.69) is 12.7 Å². The van der Waals surface area contributed by atoms with Crippen molar-refractivity contribution in [3.63, 3.8) is 0 Å². The van der Waals surface area contributed by atoms with Crippen molar-refractivity contribution in [3.8, 4) is 0 Å². The fourth-order valence-electron chi connectivity index (χ4n) is 3.03. The lowest BCUT2D eigenvalue weighted by Crippen LogP contribution is -2.29. The largest absolute Gasteiger partial charge is 0.457 e. The van der Waals surface area contributed by atoms with E-state index in [1.807, 2.05) is 20.8 Å². The van der Waals surface area contributed by atoms with E-state index in [0.29, 0.717) is 6.42 Å². The van der Waals surface area contributed by atoms with Crippen molar-refractivity contribution >= 4 is 5.97 Å². The second-order valence-corrected chi connectivity index (χ2v) is 6.46. The van der Waals surface area contributed by atoms with Gasteiger partial charge in [-0.05, 0) is 58.1 Å². The van der Waals surface area contributed by atoms with Crippen molar-refractivity contribution in [1.29, 1.82) is 0 Å². The number of rotatable bonds is 0. The third-order valence-corrected chi connectivity index (χ3v) is 4.60. The highest BCUT2D eigenvalue weighted by Crippen LogP contribution is 2.44. The van der Waals surface area contributed by atoms with Crippen LogP contribution in [0.5, 0.6) is 0 Å². The lowest BCUT2D eigenvalue weighted by atomic mass is 9.74. The summed E-state index contributed by atoms with van der Waals surface area (Å²) < 4.78 is 5.54. The molecule has 1 aliphatic carbocycles. The number of esters is 1. The molecule has 1 saturated heterocycles. The Morgan fingerprint density at radius 2 is 2.05 bits per heavy atom. The molecule has 0 aromatic rings. The second-order valence-electron chi connectivity index (χ2n) is 6.46. The van der Waals surface area contributed by atoms with Gasteiger partial charge in [-0.25, -0.2) is 0 Å². The Bertz CT molecular complexity index is 420. The van der Waals surface area contributed by atoms with E-state index in [-0.39, 0.29) is 18.0 Å². The molecule has 1 heterocycles. The van der Waals surface area contributed by atoms with Gasteiger partial charge in [-0.2, -0.15) is 0 Å². The van der Waals surface area contributed by atoms with Gasteiger partial charge in [0.15, 0.2) is 0 Å². The number of carbonyl (C=O) groups is 1. The molecule has 1 aliphatic heterocycles. The Hall–Kier alpha value is -1.09. The summed E-state index contributed by atoms with van der Waals surface area (Å²) in [6.45, 7) is 9.92. The van der Waals surface area contributed by atoms with Crippen molar-refractivity contribution in [2.45, 2.75) is 58.7 Å².